The van der Waals surface area contributed by atoms with Gasteiger partial charge in [-0.1, -0.05) is 12.1 Å². The molecule has 12 heavy (non-hydrogen) atoms. The summed E-state index contributed by atoms with van der Waals surface area (Å²) < 4.78 is 13.0. The van der Waals surface area contributed by atoms with Crippen molar-refractivity contribution in [3.8, 4) is 6.07 Å². The molecule has 0 saturated heterocycles. The summed E-state index contributed by atoms with van der Waals surface area (Å²) in [7, 11) is 0. The van der Waals surface area contributed by atoms with Crippen molar-refractivity contribution in [1.82, 2.24) is 0 Å². The lowest BCUT2D eigenvalue weighted by molar-refractivity contribution is 0.624. The highest BCUT2D eigenvalue weighted by molar-refractivity contribution is 5.52. The summed E-state index contributed by atoms with van der Waals surface area (Å²) in [6.45, 7) is 1.82. The van der Waals surface area contributed by atoms with E-state index in [2.05, 4.69) is 0 Å². The molecule has 0 fully saturated rings. The lowest BCUT2D eigenvalue weighted by Crippen LogP contribution is -1.82. The van der Waals surface area contributed by atoms with Gasteiger partial charge in [-0.2, -0.15) is 5.26 Å². The van der Waals surface area contributed by atoms with E-state index in [1.165, 1.54) is 18.2 Å². The van der Waals surface area contributed by atoms with Gasteiger partial charge in [0.15, 0.2) is 0 Å². The van der Waals surface area contributed by atoms with Crippen molar-refractivity contribution in [2.75, 3.05) is 0 Å². The average molecular weight is 161 g/mol. The second-order valence-corrected chi connectivity index (χ2v) is 2.49. The van der Waals surface area contributed by atoms with E-state index in [9.17, 15) is 4.39 Å². The van der Waals surface area contributed by atoms with E-state index in [0.29, 0.717) is 5.56 Å². The maximum Gasteiger partial charge on any atom is 0.130 e. The predicted molar refractivity (Wildman–Crippen MR) is 45.8 cm³/mol. The molecule has 0 aliphatic heterocycles. The SMILES string of the molecule is Cc1ccc(C=CC#N)c(F)c1. The summed E-state index contributed by atoms with van der Waals surface area (Å²) in [4.78, 5) is 0. The molecule has 2 heteroatoms. The Morgan fingerprint density at radius 2 is 2.25 bits per heavy atom. The van der Waals surface area contributed by atoms with Crippen LogP contribution in [0, 0.1) is 24.1 Å². The fourth-order valence-electron chi connectivity index (χ4n) is 0.894. The van der Waals surface area contributed by atoms with E-state index in [0.717, 1.165) is 5.56 Å². The van der Waals surface area contributed by atoms with Crippen LogP contribution < -0.4 is 0 Å². The van der Waals surface area contributed by atoms with Crippen LogP contribution >= 0.6 is 0 Å². The van der Waals surface area contributed by atoms with Gasteiger partial charge < -0.3 is 0 Å². The molecule has 1 aromatic rings. The number of benzene rings is 1. The predicted octanol–water partition coefficient (Wildman–Crippen LogP) is 2.67. The number of nitrogens with zero attached hydrogens (tertiary/aromatic N) is 1. The molecule has 0 saturated carbocycles. The number of rotatable bonds is 1. The summed E-state index contributed by atoms with van der Waals surface area (Å²) in [5.41, 5.74) is 1.32. The van der Waals surface area contributed by atoms with Crippen LogP contribution in [0.15, 0.2) is 24.3 Å². The summed E-state index contributed by atoms with van der Waals surface area (Å²) in [5.74, 6) is -0.290. The first-order valence-corrected chi connectivity index (χ1v) is 3.56. The average Bonchev–Trinajstić information content (AvgIpc) is 2.03. The molecule has 60 valence electrons. The van der Waals surface area contributed by atoms with Crippen molar-refractivity contribution in [2.45, 2.75) is 6.92 Å². The summed E-state index contributed by atoms with van der Waals surface area (Å²) in [6, 6.07) is 6.71. The molecule has 0 radical (unpaired) electrons. The zero-order chi connectivity index (χ0) is 8.97. The lowest BCUT2D eigenvalue weighted by Gasteiger charge is -1.96. The highest BCUT2D eigenvalue weighted by atomic mass is 19.1. The van der Waals surface area contributed by atoms with Gasteiger partial charge in [-0.25, -0.2) is 4.39 Å². The van der Waals surface area contributed by atoms with E-state index >= 15 is 0 Å². The molecule has 1 rings (SSSR count). The fourth-order valence-corrected chi connectivity index (χ4v) is 0.894. The molecule has 1 aromatic carbocycles. The Morgan fingerprint density at radius 3 is 2.83 bits per heavy atom. The molecule has 0 bridgehead atoms. The third-order valence-corrected chi connectivity index (χ3v) is 1.49. The quantitative estimate of drug-likeness (QED) is 0.581. The Hall–Kier alpha value is -1.62. The Bertz CT molecular complexity index is 347. The number of allylic oxidation sites excluding steroid dienone is 1. The third-order valence-electron chi connectivity index (χ3n) is 1.49. The van der Waals surface area contributed by atoms with Gasteiger partial charge in [-0.3, -0.25) is 0 Å². The smallest absolute Gasteiger partial charge is 0.130 e. The van der Waals surface area contributed by atoms with Gasteiger partial charge >= 0.3 is 0 Å². The summed E-state index contributed by atoms with van der Waals surface area (Å²) in [6.07, 6.45) is 2.71. The molecular formula is C10H8FN. The highest BCUT2D eigenvalue weighted by Crippen LogP contribution is 2.10. The molecule has 0 amide bonds. The van der Waals surface area contributed by atoms with Crippen molar-refractivity contribution in [3.63, 3.8) is 0 Å². The topological polar surface area (TPSA) is 23.8 Å². The Balaban J connectivity index is 3.03. The van der Waals surface area contributed by atoms with Gasteiger partial charge in [0, 0.05) is 11.6 Å². The van der Waals surface area contributed by atoms with Crippen LogP contribution in [-0.4, -0.2) is 0 Å². The molecule has 0 aliphatic carbocycles. The fraction of sp³-hybridized carbons (Fsp3) is 0.100. The standard InChI is InChI=1S/C10H8FN/c1-8-4-5-9(3-2-6-12)10(11)7-8/h2-5,7H,1H3. The Morgan fingerprint density at radius 1 is 1.50 bits per heavy atom. The number of nitriles is 1. The maximum atomic E-state index is 13.0. The molecule has 0 heterocycles. The minimum atomic E-state index is -0.290. The highest BCUT2D eigenvalue weighted by Gasteiger charge is 1.96. The summed E-state index contributed by atoms with van der Waals surface area (Å²) >= 11 is 0. The molecule has 0 spiro atoms. The summed E-state index contributed by atoms with van der Waals surface area (Å²) in [5, 5.41) is 8.21. The van der Waals surface area contributed by atoms with Crippen molar-refractivity contribution in [3.05, 3.63) is 41.2 Å². The van der Waals surface area contributed by atoms with Crippen molar-refractivity contribution in [1.29, 1.82) is 5.26 Å². The van der Waals surface area contributed by atoms with Gasteiger partial charge in [0.05, 0.1) is 6.07 Å². The van der Waals surface area contributed by atoms with Crippen LogP contribution in [0.1, 0.15) is 11.1 Å². The van der Waals surface area contributed by atoms with Crippen molar-refractivity contribution >= 4 is 6.08 Å². The largest absolute Gasteiger partial charge is 0.206 e. The minimum absolute atomic E-state index is 0.290. The Labute approximate surface area is 70.8 Å². The van der Waals surface area contributed by atoms with Gasteiger partial charge in [-0.05, 0) is 24.6 Å². The van der Waals surface area contributed by atoms with E-state index in [1.807, 2.05) is 13.0 Å². The van der Waals surface area contributed by atoms with Crippen LogP contribution in [-0.2, 0) is 0 Å². The lowest BCUT2D eigenvalue weighted by atomic mass is 10.1. The van der Waals surface area contributed by atoms with E-state index in [4.69, 9.17) is 5.26 Å². The van der Waals surface area contributed by atoms with Gasteiger partial charge in [0.1, 0.15) is 5.82 Å². The minimum Gasteiger partial charge on any atom is -0.206 e. The normalized spacial score (nSPS) is 10.1. The Kier molecular flexibility index (Phi) is 2.60. The van der Waals surface area contributed by atoms with Crippen molar-refractivity contribution in [2.24, 2.45) is 0 Å². The van der Waals surface area contributed by atoms with E-state index < -0.39 is 0 Å². The monoisotopic (exact) mass is 161 g/mol. The molecule has 0 atom stereocenters. The number of hydrogen-bond acceptors (Lipinski definition) is 1. The zero-order valence-electron chi connectivity index (χ0n) is 6.71. The van der Waals surface area contributed by atoms with Crippen molar-refractivity contribution < 1.29 is 4.39 Å². The molecule has 0 aliphatic rings. The van der Waals surface area contributed by atoms with E-state index in [1.54, 1.807) is 12.1 Å². The molecule has 1 nitrogen and oxygen atoms in total. The van der Waals surface area contributed by atoms with Crippen LogP contribution in [0.3, 0.4) is 0 Å². The maximum absolute atomic E-state index is 13.0. The first-order chi connectivity index (χ1) is 5.74. The van der Waals surface area contributed by atoms with Crippen LogP contribution in [0.2, 0.25) is 0 Å². The number of aryl methyl sites for hydroxylation is 1. The van der Waals surface area contributed by atoms with Gasteiger partial charge in [-0.15, -0.1) is 0 Å². The van der Waals surface area contributed by atoms with E-state index in [-0.39, 0.29) is 5.82 Å². The molecular weight excluding hydrogens is 153 g/mol. The zero-order valence-corrected chi connectivity index (χ0v) is 6.71. The van der Waals surface area contributed by atoms with Crippen LogP contribution in [0.5, 0.6) is 0 Å². The molecule has 0 unspecified atom stereocenters. The number of halogens is 1. The first kappa shape index (κ1) is 8.48. The second kappa shape index (κ2) is 3.68. The second-order valence-electron chi connectivity index (χ2n) is 2.49. The number of hydrogen-bond donors (Lipinski definition) is 0. The molecule has 0 N–H and O–H groups in total. The van der Waals surface area contributed by atoms with Gasteiger partial charge in [0.25, 0.3) is 0 Å². The van der Waals surface area contributed by atoms with Gasteiger partial charge in [0.2, 0.25) is 0 Å². The van der Waals surface area contributed by atoms with Crippen LogP contribution in [0.25, 0.3) is 6.08 Å². The molecule has 0 aromatic heterocycles. The first-order valence-electron chi connectivity index (χ1n) is 3.56. The van der Waals surface area contributed by atoms with Crippen LogP contribution in [0.4, 0.5) is 4.39 Å². The third kappa shape index (κ3) is 1.93.